The van der Waals surface area contributed by atoms with Crippen LogP contribution in [0.4, 0.5) is 4.79 Å². The number of carbonyl (C=O) groups is 1. The smallest absolute Gasteiger partial charge is 0.263 e. The Kier molecular flexibility index (Phi) is 2.83. The Morgan fingerprint density at radius 1 is 1.50 bits per heavy atom. The number of halogens is 1. The van der Waals surface area contributed by atoms with Crippen LogP contribution in [0.2, 0.25) is 0 Å². The zero-order valence-corrected chi connectivity index (χ0v) is 9.43. The van der Waals surface area contributed by atoms with Crippen LogP contribution in [0.5, 0.6) is 0 Å². The molecule has 1 aliphatic heterocycles. The first kappa shape index (κ1) is 9.67. The summed E-state index contributed by atoms with van der Waals surface area (Å²) in [5.74, 6) is 0.587. The highest BCUT2D eigenvalue weighted by molar-refractivity contribution is 9.10. The Bertz CT molecular complexity index is 407. The molecule has 72 valence electrons. The molecule has 1 aromatic heterocycles. The van der Waals surface area contributed by atoms with E-state index in [9.17, 15) is 4.79 Å². The zero-order chi connectivity index (χ0) is 9.97. The molecule has 2 rings (SSSR count). The van der Waals surface area contributed by atoms with Gasteiger partial charge in [0.05, 0.1) is 5.71 Å². The molecule has 0 atom stereocenters. The van der Waals surface area contributed by atoms with Crippen LogP contribution in [-0.4, -0.2) is 21.7 Å². The summed E-state index contributed by atoms with van der Waals surface area (Å²) < 4.78 is 0.902. The van der Waals surface area contributed by atoms with Crippen molar-refractivity contribution in [3.63, 3.8) is 0 Å². The fourth-order valence-corrected chi connectivity index (χ4v) is 2.00. The number of amides is 1. The van der Waals surface area contributed by atoms with Crippen molar-refractivity contribution in [3.05, 3.63) is 28.5 Å². The van der Waals surface area contributed by atoms with Gasteiger partial charge in [0.2, 0.25) is 0 Å². The first-order chi connectivity index (χ1) is 6.75. The molecule has 1 aliphatic rings. The SMILES string of the molecule is O=C1NN=C(c2cncc(Br)c2)CS1. The normalized spacial score (nSPS) is 16.1. The van der Waals surface area contributed by atoms with Gasteiger partial charge in [-0.25, -0.2) is 5.43 Å². The van der Waals surface area contributed by atoms with Gasteiger partial charge in [0.15, 0.2) is 0 Å². The van der Waals surface area contributed by atoms with E-state index >= 15 is 0 Å². The number of aromatic nitrogens is 1. The molecule has 1 N–H and O–H groups in total. The van der Waals surface area contributed by atoms with Gasteiger partial charge in [0.25, 0.3) is 5.24 Å². The number of pyridine rings is 1. The topological polar surface area (TPSA) is 54.4 Å². The van der Waals surface area contributed by atoms with Crippen LogP contribution < -0.4 is 5.43 Å². The van der Waals surface area contributed by atoms with Crippen LogP contribution in [0, 0.1) is 0 Å². The molecule has 0 aromatic carbocycles. The van der Waals surface area contributed by atoms with Gasteiger partial charge in [-0.1, -0.05) is 11.8 Å². The fourth-order valence-electron chi connectivity index (χ4n) is 1.03. The second kappa shape index (κ2) is 4.10. The lowest BCUT2D eigenvalue weighted by Gasteiger charge is -2.10. The summed E-state index contributed by atoms with van der Waals surface area (Å²) in [7, 11) is 0. The van der Waals surface area contributed by atoms with Crippen LogP contribution in [-0.2, 0) is 0 Å². The highest BCUT2D eigenvalue weighted by Gasteiger charge is 2.13. The Morgan fingerprint density at radius 2 is 2.36 bits per heavy atom. The molecule has 0 unspecified atom stereocenters. The molecule has 4 nitrogen and oxygen atoms in total. The summed E-state index contributed by atoms with van der Waals surface area (Å²) >= 11 is 4.53. The highest BCUT2D eigenvalue weighted by Crippen LogP contribution is 2.15. The van der Waals surface area contributed by atoms with Crippen molar-refractivity contribution in [1.29, 1.82) is 0 Å². The molecule has 0 bridgehead atoms. The Hall–Kier alpha value is -0.880. The van der Waals surface area contributed by atoms with E-state index in [2.05, 4.69) is 31.4 Å². The van der Waals surface area contributed by atoms with Gasteiger partial charge < -0.3 is 0 Å². The van der Waals surface area contributed by atoms with Crippen LogP contribution in [0.15, 0.2) is 28.0 Å². The van der Waals surface area contributed by atoms with Gasteiger partial charge in [0.1, 0.15) is 0 Å². The molecule has 0 radical (unpaired) electrons. The van der Waals surface area contributed by atoms with Crippen molar-refractivity contribution in [1.82, 2.24) is 10.4 Å². The van der Waals surface area contributed by atoms with Gasteiger partial charge in [-0.05, 0) is 22.0 Å². The molecule has 0 saturated carbocycles. The van der Waals surface area contributed by atoms with E-state index in [0.29, 0.717) is 5.75 Å². The number of carbonyl (C=O) groups excluding carboxylic acids is 1. The summed E-state index contributed by atoms with van der Waals surface area (Å²) in [5, 5.41) is 3.84. The van der Waals surface area contributed by atoms with E-state index in [4.69, 9.17) is 0 Å². The van der Waals surface area contributed by atoms with E-state index < -0.39 is 0 Å². The number of rotatable bonds is 1. The van der Waals surface area contributed by atoms with Crippen molar-refractivity contribution in [3.8, 4) is 0 Å². The van der Waals surface area contributed by atoms with Gasteiger partial charge in [-0.15, -0.1) is 0 Å². The van der Waals surface area contributed by atoms with Crippen molar-refractivity contribution in [2.75, 3.05) is 5.75 Å². The van der Waals surface area contributed by atoms with Crippen molar-refractivity contribution in [2.24, 2.45) is 5.10 Å². The van der Waals surface area contributed by atoms with E-state index in [1.165, 1.54) is 11.8 Å². The summed E-state index contributed by atoms with van der Waals surface area (Å²) in [5.41, 5.74) is 4.18. The van der Waals surface area contributed by atoms with E-state index in [0.717, 1.165) is 15.7 Å². The van der Waals surface area contributed by atoms with Crippen LogP contribution in [0.25, 0.3) is 0 Å². The molecule has 0 aliphatic carbocycles. The van der Waals surface area contributed by atoms with E-state index in [1.807, 2.05) is 6.07 Å². The third-order valence-corrected chi connectivity index (χ3v) is 2.87. The number of hydrogen-bond donors (Lipinski definition) is 1. The van der Waals surface area contributed by atoms with Crippen molar-refractivity contribution < 1.29 is 4.79 Å². The van der Waals surface area contributed by atoms with Gasteiger partial charge in [0, 0.05) is 28.2 Å². The van der Waals surface area contributed by atoms with Crippen molar-refractivity contribution in [2.45, 2.75) is 0 Å². The maximum atomic E-state index is 10.8. The monoisotopic (exact) mass is 271 g/mol. The molecule has 0 spiro atoms. The molecule has 14 heavy (non-hydrogen) atoms. The maximum absolute atomic E-state index is 10.8. The predicted octanol–water partition coefficient (Wildman–Crippen LogP) is 2.00. The molecule has 6 heteroatoms. The number of thioether (sulfide) groups is 1. The Morgan fingerprint density at radius 3 is 3.00 bits per heavy atom. The predicted molar refractivity (Wildman–Crippen MR) is 59.5 cm³/mol. The molecular formula is C8H6BrN3OS. The summed E-state index contributed by atoms with van der Waals surface area (Å²) in [4.78, 5) is 14.9. The molecular weight excluding hydrogens is 266 g/mol. The highest BCUT2D eigenvalue weighted by atomic mass is 79.9. The molecule has 1 amide bonds. The molecule has 0 saturated heterocycles. The second-order valence-corrected chi connectivity index (χ2v) is 4.50. The first-order valence-corrected chi connectivity index (χ1v) is 5.64. The molecule has 1 aromatic rings. The van der Waals surface area contributed by atoms with Gasteiger partial charge in [-0.2, -0.15) is 5.10 Å². The average molecular weight is 272 g/mol. The lowest BCUT2D eigenvalue weighted by atomic mass is 10.2. The third kappa shape index (κ3) is 2.13. The quantitative estimate of drug-likeness (QED) is 0.850. The standard InChI is InChI=1S/C8H6BrN3OS/c9-6-1-5(2-10-3-6)7-4-14-8(13)12-11-7/h1-3H,4H2,(H,12,13). The Labute approximate surface area is 93.3 Å². The number of nitrogens with one attached hydrogen (secondary N) is 1. The van der Waals surface area contributed by atoms with Crippen molar-refractivity contribution >= 4 is 38.6 Å². The number of hydrazone groups is 1. The lowest BCUT2D eigenvalue weighted by molar-refractivity contribution is 0.261. The van der Waals surface area contributed by atoms with E-state index in [-0.39, 0.29) is 5.24 Å². The zero-order valence-electron chi connectivity index (χ0n) is 7.03. The second-order valence-electron chi connectivity index (χ2n) is 2.64. The minimum Gasteiger partial charge on any atom is -0.263 e. The number of hydrogen-bond acceptors (Lipinski definition) is 4. The van der Waals surface area contributed by atoms with E-state index in [1.54, 1.807) is 12.4 Å². The largest absolute Gasteiger partial charge is 0.299 e. The average Bonchev–Trinajstić information content (AvgIpc) is 2.19. The molecule has 2 heterocycles. The maximum Gasteiger partial charge on any atom is 0.299 e. The minimum atomic E-state index is -0.114. The van der Waals surface area contributed by atoms with Gasteiger partial charge in [-0.3, -0.25) is 9.78 Å². The first-order valence-electron chi connectivity index (χ1n) is 3.86. The molecule has 0 fully saturated rings. The summed E-state index contributed by atoms with van der Waals surface area (Å²) in [6.45, 7) is 0. The summed E-state index contributed by atoms with van der Waals surface area (Å²) in [6.07, 6.45) is 3.43. The van der Waals surface area contributed by atoms with Crippen LogP contribution in [0.3, 0.4) is 0 Å². The van der Waals surface area contributed by atoms with Crippen LogP contribution >= 0.6 is 27.7 Å². The van der Waals surface area contributed by atoms with Crippen LogP contribution in [0.1, 0.15) is 5.56 Å². The minimum absolute atomic E-state index is 0.114. The summed E-state index contributed by atoms with van der Waals surface area (Å²) in [6, 6.07) is 1.92. The third-order valence-electron chi connectivity index (χ3n) is 1.66. The lowest BCUT2D eigenvalue weighted by Crippen LogP contribution is -2.23. The van der Waals surface area contributed by atoms with Gasteiger partial charge >= 0.3 is 0 Å². The fraction of sp³-hybridized carbons (Fsp3) is 0.125. The number of nitrogens with zero attached hydrogens (tertiary/aromatic N) is 2. The Balaban J connectivity index is 2.27.